The van der Waals surface area contributed by atoms with Crippen LogP contribution >= 0.6 is 0 Å². The van der Waals surface area contributed by atoms with Crippen molar-refractivity contribution >= 4 is 27.5 Å². The lowest BCUT2D eigenvalue weighted by atomic mass is 10.1. The van der Waals surface area contributed by atoms with Crippen molar-refractivity contribution in [2.45, 2.75) is 39.3 Å². The van der Waals surface area contributed by atoms with Crippen LogP contribution in [0, 0.1) is 5.82 Å². The second-order valence-electron chi connectivity index (χ2n) is 8.57. The number of benzene rings is 2. The number of rotatable bonds is 11. The van der Waals surface area contributed by atoms with Crippen LogP contribution in [0.1, 0.15) is 32.3 Å². The number of unbranched alkanes of at least 4 members (excludes halogenated alkanes) is 1. The quantitative estimate of drug-likeness (QED) is 0.456. The Morgan fingerprint density at radius 1 is 1.08 bits per heavy atom. The molecule has 36 heavy (non-hydrogen) atoms. The Morgan fingerprint density at radius 3 is 2.39 bits per heavy atom. The topological polar surface area (TPSA) is 105 Å². The molecule has 1 N–H and O–H groups in total. The van der Waals surface area contributed by atoms with Crippen molar-refractivity contribution in [3.63, 3.8) is 0 Å². The highest BCUT2D eigenvalue weighted by Gasteiger charge is 2.30. The monoisotopic (exact) mass is 521 g/mol. The molecule has 9 nitrogen and oxygen atoms in total. The summed E-state index contributed by atoms with van der Waals surface area (Å²) in [5, 5.41) is 2.81. The number of amides is 2. The highest BCUT2D eigenvalue weighted by Crippen LogP contribution is 2.34. The Kier molecular flexibility index (Phi) is 9.14. The summed E-state index contributed by atoms with van der Waals surface area (Å²) in [6.45, 7) is 4.22. The van der Waals surface area contributed by atoms with E-state index in [0.29, 0.717) is 36.8 Å². The van der Waals surface area contributed by atoms with Crippen molar-refractivity contribution < 1.29 is 31.9 Å². The van der Waals surface area contributed by atoms with Crippen LogP contribution in [-0.2, 0) is 26.2 Å². The Bertz CT molecular complexity index is 1170. The zero-order valence-corrected chi connectivity index (χ0v) is 21.5. The molecule has 0 spiro atoms. The van der Waals surface area contributed by atoms with E-state index in [0.717, 1.165) is 23.4 Å². The minimum atomic E-state index is -3.88. The highest BCUT2D eigenvalue weighted by atomic mass is 32.2. The average molecular weight is 522 g/mol. The molecule has 1 aliphatic heterocycles. The number of sulfonamides is 1. The first-order chi connectivity index (χ1) is 17.1. The lowest BCUT2D eigenvalue weighted by Crippen LogP contribution is -2.51. The van der Waals surface area contributed by atoms with Crippen molar-refractivity contribution in [1.29, 1.82) is 0 Å². The maximum absolute atomic E-state index is 13.5. The number of ether oxygens (including phenoxy) is 2. The van der Waals surface area contributed by atoms with Gasteiger partial charge in [0.2, 0.25) is 21.8 Å². The molecule has 0 saturated heterocycles. The molecule has 0 saturated carbocycles. The number of nitrogens with one attached hydrogen (secondary N) is 1. The molecule has 2 aromatic carbocycles. The van der Waals surface area contributed by atoms with Crippen LogP contribution in [-0.4, -0.2) is 63.7 Å². The number of nitrogens with zero attached hydrogens (tertiary/aromatic N) is 2. The first-order valence-electron chi connectivity index (χ1n) is 11.8. The van der Waals surface area contributed by atoms with Gasteiger partial charge in [-0.3, -0.25) is 13.9 Å². The molecule has 1 atom stereocenters. The highest BCUT2D eigenvalue weighted by molar-refractivity contribution is 7.92. The number of hydrogen-bond acceptors (Lipinski definition) is 6. The van der Waals surface area contributed by atoms with E-state index in [-0.39, 0.29) is 18.1 Å². The number of hydrogen-bond donors (Lipinski definition) is 1. The molecule has 1 heterocycles. The van der Waals surface area contributed by atoms with Crippen molar-refractivity contribution in [3.05, 3.63) is 53.8 Å². The van der Waals surface area contributed by atoms with E-state index in [1.807, 2.05) is 6.92 Å². The molecule has 0 fully saturated rings. The van der Waals surface area contributed by atoms with Crippen LogP contribution in [0.15, 0.2) is 42.5 Å². The van der Waals surface area contributed by atoms with E-state index in [4.69, 9.17) is 9.47 Å². The first kappa shape index (κ1) is 27.3. The van der Waals surface area contributed by atoms with E-state index in [1.54, 1.807) is 13.0 Å². The Morgan fingerprint density at radius 2 is 1.75 bits per heavy atom. The number of fused-ring (bicyclic) bond motifs is 1. The zero-order valence-electron chi connectivity index (χ0n) is 20.7. The summed E-state index contributed by atoms with van der Waals surface area (Å²) in [4.78, 5) is 27.6. The van der Waals surface area contributed by atoms with E-state index in [1.165, 1.54) is 41.3 Å². The van der Waals surface area contributed by atoms with Crippen LogP contribution in [0.5, 0.6) is 11.5 Å². The Hall–Kier alpha value is -3.34. The summed E-state index contributed by atoms with van der Waals surface area (Å²) in [6.07, 6.45) is 2.68. The molecule has 0 radical (unpaired) electrons. The van der Waals surface area contributed by atoms with Crippen molar-refractivity contribution in [1.82, 2.24) is 10.2 Å². The van der Waals surface area contributed by atoms with Gasteiger partial charge in [0.05, 0.1) is 11.9 Å². The van der Waals surface area contributed by atoms with E-state index < -0.39 is 34.3 Å². The minimum Gasteiger partial charge on any atom is -0.486 e. The van der Waals surface area contributed by atoms with Gasteiger partial charge in [-0.25, -0.2) is 12.8 Å². The Labute approximate surface area is 211 Å². The second kappa shape index (κ2) is 12.1. The third-order valence-corrected chi connectivity index (χ3v) is 6.90. The number of halogens is 1. The molecule has 11 heteroatoms. The van der Waals surface area contributed by atoms with E-state index in [2.05, 4.69) is 5.32 Å². The van der Waals surface area contributed by atoms with E-state index >= 15 is 0 Å². The Balaban J connectivity index is 1.88. The zero-order chi connectivity index (χ0) is 26.3. The van der Waals surface area contributed by atoms with Crippen LogP contribution < -0.4 is 19.1 Å². The number of anilines is 1. The van der Waals surface area contributed by atoms with Crippen LogP contribution in [0.25, 0.3) is 0 Å². The van der Waals surface area contributed by atoms with Gasteiger partial charge in [0.1, 0.15) is 31.6 Å². The standard InChI is InChI=1S/C25H32FN3O6S/c1-4-5-12-27-25(31)18(2)28(16-19-6-8-20(26)9-7-19)24(30)17-29(36(3,32)33)21-10-11-22-23(15-21)35-14-13-34-22/h6-11,15,18H,4-5,12-14,16-17H2,1-3H3,(H,27,31). The van der Waals surface area contributed by atoms with Gasteiger partial charge in [-0.2, -0.15) is 0 Å². The van der Waals surface area contributed by atoms with Crippen molar-refractivity contribution in [2.24, 2.45) is 0 Å². The predicted octanol–water partition coefficient (Wildman–Crippen LogP) is 2.70. The summed E-state index contributed by atoms with van der Waals surface area (Å²) in [6, 6.07) is 9.32. The van der Waals surface area contributed by atoms with Crippen LogP contribution in [0.4, 0.5) is 10.1 Å². The second-order valence-corrected chi connectivity index (χ2v) is 10.5. The molecular weight excluding hydrogens is 489 g/mol. The number of carbonyl (C=O) groups excluding carboxylic acids is 2. The van der Waals surface area contributed by atoms with Gasteiger partial charge in [0, 0.05) is 19.2 Å². The molecule has 196 valence electrons. The molecule has 0 aliphatic carbocycles. The molecule has 3 rings (SSSR count). The SMILES string of the molecule is CCCCNC(=O)C(C)N(Cc1ccc(F)cc1)C(=O)CN(c1ccc2c(c1)OCCO2)S(C)(=O)=O. The summed E-state index contributed by atoms with van der Waals surface area (Å²) >= 11 is 0. The van der Waals surface area contributed by atoms with E-state index in [9.17, 15) is 22.4 Å². The molecule has 2 aromatic rings. The average Bonchev–Trinajstić information content (AvgIpc) is 2.85. The van der Waals surface area contributed by atoms with Gasteiger partial charge in [0.25, 0.3) is 0 Å². The third kappa shape index (κ3) is 7.09. The first-order valence-corrected chi connectivity index (χ1v) is 13.6. The molecule has 1 aliphatic rings. The van der Waals surface area contributed by atoms with Gasteiger partial charge in [-0.05, 0) is 43.2 Å². The third-order valence-electron chi connectivity index (χ3n) is 5.76. The normalized spacial score (nSPS) is 13.6. The molecule has 2 amide bonds. The van der Waals surface area contributed by atoms with Crippen LogP contribution in [0.2, 0.25) is 0 Å². The van der Waals surface area contributed by atoms with Crippen molar-refractivity contribution in [3.8, 4) is 11.5 Å². The molecule has 1 unspecified atom stereocenters. The largest absolute Gasteiger partial charge is 0.486 e. The smallest absolute Gasteiger partial charge is 0.244 e. The van der Waals surface area contributed by atoms with Crippen LogP contribution in [0.3, 0.4) is 0 Å². The minimum absolute atomic E-state index is 0.000217. The fourth-order valence-corrected chi connectivity index (χ4v) is 4.55. The maximum Gasteiger partial charge on any atom is 0.244 e. The van der Waals surface area contributed by atoms with Gasteiger partial charge in [0.15, 0.2) is 11.5 Å². The van der Waals surface area contributed by atoms with Gasteiger partial charge in [-0.15, -0.1) is 0 Å². The summed E-state index contributed by atoms with van der Waals surface area (Å²) in [5.41, 5.74) is 0.833. The summed E-state index contributed by atoms with van der Waals surface area (Å²) in [7, 11) is -3.88. The lowest BCUT2D eigenvalue weighted by Gasteiger charge is -2.31. The fourth-order valence-electron chi connectivity index (χ4n) is 3.71. The maximum atomic E-state index is 13.5. The molecule has 0 bridgehead atoms. The molecular formula is C25H32FN3O6S. The van der Waals surface area contributed by atoms with Gasteiger partial charge < -0.3 is 19.7 Å². The van der Waals surface area contributed by atoms with Gasteiger partial charge in [-0.1, -0.05) is 25.5 Å². The fraction of sp³-hybridized carbons (Fsp3) is 0.440. The summed E-state index contributed by atoms with van der Waals surface area (Å²) in [5.74, 6) is -0.502. The summed E-state index contributed by atoms with van der Waals surface area (Å²) < 4.78 is 50.8. The number of carbonyl (C=O) groups is 2. The lowest BCUT2D eigenvalue weighted by molar-refractivity contribution is -0.139. The molecule has 0 aromatic heterocycles. The van der Waals surface area contributed by atoms with Gasteiger partial charge >= 0.3 is 0 Å². The predicted molar refractivity (Wildman–Crippen MR) is 134 cm³/mol. The van der Waals surface area contributed by atoms with Crippen molar-refractivity contribution in [2.75, 3.05) is 36.9 Å².